The first-order valence-electron chi connectivity index (χ1n) is 5.11. The van der Waals surface area contributed by atoms with E-state index in [4.69, 9.17) is 10.3 Å². The van der Waals surface area contributed by atoms with E-state index in [0.29, 0.717) is 10.8 Å². The number of rotatable bonds is 2. The molecule has 0 saturated heterocycles. The van der Waals surface area contributed by atoms with Crippen LogP contribution in [0.15, 0.2) is 40.2 Å². The van der Waals surface area contributed by atoms with Crippen molar-refractivity contribution in [2.75, 3.05) is 5.73 Å². The van der Waals surface area contributed by atoms with Gasteiger partial charge in [-0.3, -0.25) is 0 Å². The van der Waals surface area contributed by atoms with E-state index in [1.54, 1.807) is 5.38 Å². The van der Waals surface area contributed by atoms with E-state index < -0.39 is 5.95 Å². The number of nitrogens with two attached hydrogens (primary N) is 1. The van der Waals surface area contributed by atoms with Crippen molar-refractivity contribution in [3.05, 3.63) is 35.7 Å². The van der Waals surface area contributed by atoms with Crippen LogP contribution in [0.2, 0.25) is 0 Å². The minimum atomic E-state index is -0.538. The second-order valence-corrected chi connectivity index (χ2v) is 4.42. The van der Waals surface area contributed by atoms with Crippen LogP contribution in [0, 0.1) is 0 Å². The van der Waals surface area contributed by atoms with E-state index in [0.717, 1.165) is 5.69 Å². The number of hydrogen-bond acceptors (Lipinski definition) is 6. The number of para-hydroxylation sites is 1. The SMILES string of the molecule is Cl.Nc1nc(-c2c([O-])on[n+]2-c2ccccc2)cs1. The lowest BCUT2D eigenvalue weighted by Crippen LogP contribution is -2.34. The van der Waals surface area contributed by atoms with Crippen LogP contribution in [-0.4, -0.2) is 10.3 Å². The van der Waals surface area contributed by atoms with Gasteiger partial charge in [-0.05, 0) is 4.68 Å². The third-order valence-corrected chi connectivity index (χ3v) is 3.05. The van der Waals surface area contributed by atoms with E-state index in [2.05, 4.69) is 10.3 Å². The third-order valence-electron chi connectivity index (χ3n) is 2.38. The number of hydrogen-bond donors (Lipinski definition) is 1. The minimum Gasteiger partial charge on any atom is -0.539 e. The molecule has 0 radical (unpaired) electrons. The highest BCUT2D eigenvalue weighted by molar-refractivity contribution is 7.13. The van der Waals surface area contributed by atoms with Crippen LogP contribution in [0.25, 0.3) is 17.1 Å². The summed E-state index contributed by atoms with van der Waals surface area (Å²) in [5.41, 5.74) is 7.03. The highest BCUT2D eigenvalue weighted by Crippen LogP contribution is 2.26. The number of nitrogen functional groups attached to an aromatic ring is 1. The fourth-order valence-electron chi connectivity index (χ4n) is 1.60. The summed E-state index contributed by atoms with van der Waals surface area (Å²) in [5.74, 6) is -0.538. The number of nitrogens with zero attached hydrogens (tertiary/aromatic N) is 3. The quantitative estimate of drug-likeness (QED) is 0.716. The lowest BCUT2D eigenvalue weighted by Gasteiger charge is -1.93. The van der Waals surface area contributed by atoms with Crippen molar-refractivity contribution in [3.63, 3.8) is 0 Å². The van der Waals surface area contributed by atoms with Crippen LogP contribution in [0.4, 0.5) is 5.13 Å². The zero-order valence-electron chi connectivity index (χ0n) is 9.52. The molecule has 0 bridgehead atoms. The molecule has 1 aromatic carbocycles. The Morgan fingerprint density at radius 1 is 1.26 bits per heavy atom. The highest BCUT2D eigenvalue weighted by Gasteiger charge is 2.24. The first-order valence-corrected chi connectivity index (χ1v) is 5.99. The minimum absolute atomic E-state index is 0. The van der Waals surface area contributed by atoms with Crippen molar-refractivity contribution >= 4 is 28.9 Å². The molecule has 6 nitrogen and oxygen atoms in total. The van der Waals surface area contributed by atoms with E-state index >= 15 is 0 Å². The Kier molecular flexibility index (Phi) is 3.68. The molecular formula is C11H9ClN4O2S. The van der Waals surface area contributed by atoms with Crippen LogP contribution in [0.5, 0.6) is 5.95 Å². The molecule has 19 heavy (non-hydrogen) atoms. The average molecular weight is 297 g/mol. The fourth-order valence-corrected chi connectivity index (χ4v) is 2.15. The summed E-state index contributed by atoms with van der Waals surface area (Å²) < 4.78 is 6.11. The standard InChI is InChI=1S/C11H8N4O2S.ClH/c12-11-13-8(6-18-11)9-10(16)17-14-15(9)7-4-2-1-3-5-7;/h1-6H,(H2-,12,13,14,16);1H. The maximum atomic E-state index is 11.7. The maximum Gasteiger partial charge on any atom is 0.289 e. The van der Waals surface area contributed by atoms with E-state index in [-0.39, 0.29) is 18.1 Å². The first kappa shape index (κ1) is 13.3. The van der Waals surface area contributed by atoms with Gasteiger partial charge in [0.2, 0.25) is 5.69 Å². The Balaban J connectivity index is 0.00000133. The average Bonchev–Trinajstić information content (AvgIpc) is 2.96. The molecule has 0 atom stereocenters. The number of halogens is 1. The molecule has 0 unspecified atom stereocenters. The topological polar surface area (TPSA) is 91.9 Å². The summed E-state index contributed by atoms with van der Waals surface area (Å²) in [5, 5.41) is 17.5. The smallest absolute Gasteiger partial charge is 0.289 e. The molecule has 0 spiro atoms. The molecule has 0 aliphatic rings. The Labute approximate surface area is 118 Å². The lowest BCUT2D eigenvalue weighted by atomic mass is 10.3. The van der Waals surface area contributed by atoms with Crippen molar-refractivity contribution < 1.29 is 14.3 Å². The highest BCUT2D eigenvalue weighted by atomic mass is 35.5. The monoisotopic (exact) mass is 296 g/mol. The molecule has 0 aliphatic carbocycles. The van der Waals surface area contributed by atoms with Gasteiger partial charge in [-0.2, -0.15) is 0 Å². The zero-order valence-corrected chi connectivity index (χ0v) is 11.1. The van der Waals surface area contributed by atoms with Gasteiger partial charge in [0.25, 0.3) is 5.69 Å². The normalized spacial score (nSPS) is 10.1. The predicted molar refractivity (Wildman–Crippen MR) is 70.2 cm³/mol. The second-order valence-electron chi connectivity index (χ2n) is 3.53. The summed E-state index contributed by atoms with van der Waals surface area (Å²) >= 11 is 1.26. The maximum absolute atomic E-state index is 11.7. The van der Waals surface area contributed by atoms with Gasteiger partial charge in [0.05, 0.1) is 5.27 Å². The summed E-state index contributed by atoms with van der Waals surface area (Å²) in [6, 6.07) is 9.21. The summed E-state index contributed by atoms with van der Waals surface area (Å²) in [7, 11) is 0. The van der Waals surface area contributed by atoms with Gasteiger partial charge in [0.1, 0.15) is 0 Å². The Morgan fingerprint density at radius 2 is 2.00 bits per heavy atom. The van der Waals surface area contributed by atoms with Gasteiger partial charge < -0.3 is 15.4 Å². The van der Waals surface area contributed by atoms with Gasteiger partial charge >= 0.3 is 0 Å². The molecule has 98 valence electrons. The molecule has 2 heterocycles. The molecule has 0 aliphatic heterocycles. The van der Waals surface area contributed by atoms with Crippen LogP contribution < -0.4 is 15.5 Å². The third kappa shape index (κ3) is 2.38. The number of thiazole rings is 1. The van der Waals surface area contributed by atoms with Crippen molar-refractivity contribution in [2.45, 2.75) is 0 Å². The van der Waals surface area contributed by atoms with Crippen LogP contribution in [-0.2, 0) is 0 Å². The van der Waals surface area contributed by atoms with Gasteiger partial charge in [-0.1, -0.05) is 18.2 Å². The van der Waals surface area contributed by atoms with Crippen molar-refractivity contribution in [3.8, 4) is 23.0 Å². The van der Waals surface area contributed by atoms with Gasteiger partial charge in [0.15, 0.2) is 16.8 Å². The van der Waals surface area contributed by atoms with Crippen LogP contribution in [0.1, 0.15) is 0 Å². The first-order chi connectivity index (χ1) is 8.75. The molecule has 3 rings (SSSR count). The van der Waals surface area contributed by atoms with E-state index in [1.807, 2.05) is 30.3 Å². The largest absolute Gasteiger partial charge is 0.539 e. The Bertz CT molecular complexity index is 683. The van der Waals surface area contributed by atoms with Gasteiger partial charge in [-0.25, -0.2) is 4.98 Å². The Morgan fingerprint density at radius 3 is 2.63 bits per heavy atom. The number of benzene rings is 1. The van der Waals surface area contributed by atoms with E-state index in [9.17, 15) is 5.11 Å². The molecule has 8 heteroatoms. The van der Waals surface area contributed by atoms with Crippen molar-refractivity contribution in [2.24, 2.45) is 0 Å². The molecule has 3 aromatic rings. The van der Waals surface area contributed by atoms with Gasteiger partial charge in [0, 0.05) is 17.5 Å². The molecule has 2 N–H and O–H groups in total. The molecule has 0 fully saturated rings. The van der Waals surface area contributed by atoms with Gasteiger partial charge in [-0.15, -0.1) is 23.7 Å². The fraction of sp³-hybridized carbons (Fsp3) is 0. The molecule has 2 aromatic heterocycles. The molecular weight excluding hydrogens is 288 g/mol. The van der Waals surface area contributed by atoms with E-state index in [1.165, 1.54) is 16.0 Å². The number of aromatic nitrogens is 3. The van der Waals surface area contributed by atoms with Crippen molar-refractivity contribution in [1.82, 2.24) is 10.3 Å². The summed E-state index contributed by atoms with van der Waals surface area (Å²) in [6.45, 7) is 0. The van der Waals surface area contributed by atoms with Crippen LogP contribution in [0.3, 0.4) is 0 Å². The predicted octanol–water partition coefficient (Wildman–Crippen LogP) is 1.15. The zero-order chi connectivity index (χ0) is 12.5. The second kappa shape index (κ2) is 5.25. The summed E-state index contributed by atoms with van der Waals surface area (Å²) in [4.78, 5) is 4.08. The number of anilines is 1. The van der Waals surface area contributed by atoms with Crippen molar-refractivity contribution in [1.29, 1.82) is 0 Å². The molecule has 0 saturated carbocycles. The lowest BCUT2D eigenvalue weighted by molar-refractivity contribution is -0.660. The summed E-state index contributed by atoms with van der Waals surface area (Å²) in [6.07, 6.45) is 0. The van der Waals surface area contributed by atoms with Crippen LogP contribution >= 0.6 is 23.7 Å². The Hall–Kier alpha value is -2.12. The molecule has 0 amide bonds.